The fraction of sp³-hybridized carbons (Fsp3) is 0.471. The van der Waals surface area contributed by atoms with Crippen molar-refractivity contribution in [2.75, 3.05) is 0 Å². The number of rotatable bonds is 5. The third kappa shape index (κ3) is 4.08. The number of imidazole rings is 1. The number of aromatic nitrogens is 2. The lowest BCUT2D eigenvalue weighted by molar-refractivity contribution is 0.239. The topological polar surface area (TPSA) is 50.1 Å². The molecule has 1 heterocycles. The van der Waals surface area contributed by atoms with Gasteiger partial charge in [-0.2, -0.15) is 0 Å². The van der Waals surface area contributed by atoms with Crippen molar-refractivity contribution < 1.29 is 5.11 Å². The van der Waals surface area contributed by atoms with E-state index in [0.29, 0.717) is 12.3 Å². The Labute approximate surface area is 126 Å². The summed E-state index contributed by atoms with van der Waals surface area (Å²) >= 11 is 0. The molecule has 0 saturated heterocycles. The van der Waals surface area contributed by atoms with Crippen LogP contribution >= 0.6 is 0 Å². The summed E-state index contributed by atoms with van der Waals surface area (Å²) in [4.78, 5) is 4.10. The van der Waals surface area contributed by atoms with Crippen LogP contribution in [-0.4, -0.2) is 20.7 Å². The predicted octanol–water partition coefficient (Wildman–Crippen LogP) is 3.10. The minimum Gasteiger partial charge on any atom is -0.507 e. The van der Waals surface area contributed by atoms with Crippen molar-refractivity contribution in [2.24, 2.45) is 5.41 Å². The highest BCUT2D eigenvalue weighted by Gasteiger charge is 2.24. The van der Waals surface area contributed by atoms with E-state index in [1.165, 1.54) is 0 Å². The molecule has 2 aromatic rings. The summed E-state index contributed by atoms with van der Waals surface area (Å²) in [5.41, 5.74) is 1.97. The van der Waals surface area contributed by atoms with Gasteiger partial charge in [-0.3, -0.25) is 0 Å². The number of phenols is 1. The molecule has 1 aromatic carbocycles. The van der Waals surface area contributed by atoms with E-state index in [1.54, 1.807) is 6.20 Å². The number of nitrogens with one attached hydrogen (secondary N) is 1. The molecule has 0 radical (unpaired) electrons. The molecule has 0 fully saturated rings. The average Bonchev–Trinajstić information content (AvgIpc) is 2.90. The van der Waals surface area contributed by atoms with Crippen molar-refractivity contribution in [3.63, 3.8) is 0 Å². The monoisotopic (exact) mass is 287 g/mol. The average molecular weight is 287 g/mol. The molecule has 0 aliphatic heterocycles. The molecule has 1 atom stereocenters. The number of benzene rings is 1. The van der Waals surface area contributed by atoms with Crippen LogP contribution in [-0.2, 0) is 13.1 Å². The normalized spacial score (nSPS) is 13.3. The smallest absolute Gasteiger partial charge is 0.122 e. The van der Waals surface area contributed by atoms with E-state index in [9.17, 15) is 5.11 Å². The first-order chi connectivity index (χ1) is 9.88. The fourth-order valence-electron chi connectivity index (χ4n) is 2.35. The van der Waals surface area contributed by atoms with E-state index in [-0.39, 0.29) is 11.5 Å². The van der Waals surface area contributed by atoms with Gasteiger partial charge in [-0.05, 0) is 17.9 Å². The Morgan fingerprint density at radius 3 is 2.71 bits per heavy atom. The largest absolute Gasteiger partial charge is 0.507 e. The molecule has 4 nitrogen and oxygen atoms in total. The first-order valence-corrected chi connectivity index (χ1v) is 7.34. The number of phenolic OH excluding ortho intramolecular Hbond substituents is 1. The Kier molecular flexibility index (Phi) is 4.68. The Morgan fingerprint density at radius 2 is 2.10 bits per heavy atom. The van der Waals surface area contributed by atoms with Gasteiger partial charge in [-0.1, -0.05) is 39.0 Å². The van der Waals surface area contributed by atoms with Gasteiger partial charge in [0.05, 0.1) is 6.33 Å². The maximum absolute atomic E-state index is 10.1. The molecule has 1 aromatic heterocycles. The Hall–Kier alpha value is -1.81. The molecule has 0 saturated carbocycles. The van der Waals surface area contributed by atoms with Gasteiger partial charge in [0.2, 0.25) is 0 Å². The summed E-state index contributed by atoms with van der Waals surface area (Å²) in [5, 5.41) is 13.7. The van der Waals surface area contributed by atoms with Crippen LogP contribution in [0, 0.1) is 12.3 Å². The number of hydrogen-bond donors (Lipinski definition) is 2. The number of hydrogen-bond acceptors (Lipinski definition) is 3. The van der Waals surface area contributed by atoms with Gasteiger partial charge in [0.25, 0.3) is 0 Å². The van der Waals surface area contributed by atoms with Gasteiger partial charge >= 0.3 is 0 Å². The standard InChI is InChI=1S/C17H25N3O/c1-13-6-5-7-14(16(13)21)10-19-15(17(2,3)4)11-20-9-8-18-12-20/h5-9,12,15,19,21H,10-11H2,1-4H3. The second-order valence-electron chi connectivity index (χ2n) is 6.64. The molecule has 2 N–H and O–H groups in total. The van der Waals surface area contributed by atoms with Crippen LogP contribution in [0.3, 0.4) is 0 Å². The Morgan fingerprint density at radius 1 is 1.33 bits per heavy atom. The highest BCUT2D eigenvalue weighted by atomic mass is 16.3. The van der Waals surface area contributed by atoms with Gasteiger partial charge in [0.15, 0.2) is 0 Å². The van der Waals surface area contributed by atoms with Gasteiger partial charge in [-0.25, -0.2) is 4.98 Å². The molecule has 1 unspecified atom stereocenters. The van der Waals surface area contributed by atoms with E-state index < -0.39 is 0 Å². The molecule has 4 heteroatoms. The third-order valence-corrected chi connectivity index (χ3v) is 3.86. The fourth-order valence-corrected chi connectivity index (χ4v) is 2.35. The summed E-state index contributed by atoms with van der Waals surface area (Å²) in [5.74, 6) is 0.389. The van der Waals surface area contributed by atoms with Gasteiger partial charge in [0, 0.05) is 37.1 Å². The molecular formula is C17H25N3O. The number of aromatic hydroxyl groups is 1. The van der Waals surface area contributed by atoms with Crippen LogP contribution in [0.1, 0.15) is 31.9 Å². The van der Waals surface area contributed by atoms with Crippen molar-refractivity contribution in [3.05, 3.63) is 48.0 Å². The minimum atomic E-state index is 0.115. The predicted molar refractivity (Wildman–Crippen MR) is 85.2 cm³/mol. The highest BCUT2D eigenvalue weighted by molar-refractivity contribution is 5.39. The van der Waals surface area contributed by atoms with Crippen LogP contribution in [0.15, 0.2) is 36.9 Å². The quantitative estimate of drug-likeness (QED) is 0.888. The molecule has 0 amide bonds. The first-order valence-electron chi connectivity index (χ1n) is 7.34. The van der Waals surface area contributed by atoms with E-state index >= 15 is 0 Å². The first kappa shape index (κ1) is 15.6. The molecule has 0 spiro atoms. The highest BCUT2D eigenvalue weighted by Crippen LogP contribution is 2.24. The number of nitrogens with zero attached hydrogens (tertiary/aromatic N) is 2. The number of para-hydroxylation sites is 1. The lowest BCUT2D eigenvalue weighted by Gasteiger charge is -2.32. The number of aryl methyl sites for hydroxylation is 1. The summed E-state index contributed by atoms with van der Waals surface area (Å²) < 4.78 is 2.08. The summed E-state index contributed by atoms with van der Waals surface area (Å²) in [6.45, 7) is 10.1. The van der Waals surface area contributed by atoms with Crippen molar-refractivity contribution >= 4 is 0 Å². The van der Waals surface area contributed by atoms with Crippen molar-refractivity contribution in [3.8, 4) is 5.75 Å². The summed E-state index contributed by atoms with van der Waals surface area (Å²) in [6.07, 6.45) is 5.61. The van der Waals surface area contributed by atoms with Crippen LogP contribution in [0.2, 0.25) is 0 Å². The van der Waals surface area contributed by atoms with Crippen LogP contribution < -0.4 is 5.32 Å². The summed E-state index contributed by atoms with van der Waals surface area (Å²) in [6, 6.07) is 6.15. The van der Waals surface area contributed by atoms with Crippen LogP contribution in [0.4, 0.5) is 0 Å². The lowest BCUT2D eigenvalue weighted by atomic mass is 9.86. The molecule has 2 rings (SSSR count). The second-order valence-corrected chi connectivity index (χ2v) is 6.64. The second kappa shape index (κ2) is 6.31. The molecule has 21 heavy (non-hydrogen) atoms. The summed E-state index contributed by atoms with van der Waals surface area (Å²) in [7, 11) is 0. The van der Waals surface area contributed by atoms with Gasteiger partial charge < -0.3 is 15.0 Å². The molecule has 0 aliphatic carbocycles. The van der Waals surface area contributed by atoms with Crippen molar-refractivity contribution in [2.45, 2.75) is 46.8 Å². The minimum absolute atomic E-state index is 0.115. The third-order valence-electron chi connectivity index (χ3n) is 3.86. The van der Waals surface area contributed by atoms with Gasteiger partial charge in [0.1, 0.15) is 5.75 Å². The lowest BCUT2D eigenvalue weighted by Crippen LogP contribution is -2.43. The maximum atomic E-state index is 10.1. The van der Waals surface area contributed by atoms with E-state index in [4.69, 9.17) is 0 Å². The van der Waals surface area contributed by atoms with Crippen molar-refractivity contribution in [1.29, 1.82) is 0 Å². The zero-order valence-electron chi connectivity index (χ0n) is 13.3. The molecule has 114 valence electrons. The maximum Gasteiger partial charge on any atom is 0.122 e. The zero-order chi connectivity index (χ0) is 15.5. The van der Waals surface area contributed by atoms with E-state index in [1.807, 2.05) is 37.6 Å². The molecular weight excluding hydrogens is 262 g/mol. The molecule has 0 aliphatic rings. The Bertz CT molecular complexity index is 570. The van der Waals surface area contributed by atoms with Crippen LogP contribution in [0.5, 0.6) is 5.75 Å². The van der Waals surface area contributed by atoms with Crippen molar-refractivity contribution in [1.82, 2.24) is 14.9 Å². The SMILES string of the molecule is Cc1cccc(CNC(Cn2ccnc2)C(C)(C)C)c1O. The Balaban J connectivity index is 2.07. The zero-order valence-corrected chi connectivity index (χ0v) is 13.3. The van der Waals surface area contributed by atoms with E-state index in [2.05, 4.69) is 35.6 Å². The van der Waals surface area contributed by atoms with Gasteiger partial charge in [-0.15, -0.1) is 0 Å². The molecule has 0 bridgehead atoms. The van der Waals surface area contributed by atoms with E-state index in [0.717, 1.165) is 17.7 Å². The van der Waals surface area contributed by atoms with Crippen LogP contribution in [0.25, 0.3) is 0 Å².